The molecule has 1 fully saturated rings. The van der Waals surface area contributed by atoms with Crippen LogP contribution in [0, 0.1) is 13.8 Å². The van der Waals surface area contributed by atoms with Crippen molar-refractivity contribution < 1.29 is 4.79 Å². The molecule has 1 aromatic rings. The first-order valence-electron chi connectivity index (χ1n) is 7.17. The summed E-state index contributed by atoms with van der Waals surface area (Å²) in [6.45, 7) is 7.83. The number of aryl methyl sites for hydroxylation is 2. The molecule has 1 heterocycles. The molecule has 0 saturated carbocycles. The van der Waals surface area contributed by atoms with Crippen LogP contribution in [0.25, 0.3) is 0 Å². The van der Waals surface area contributed by atoms with Crippen LogP contribution >= 0.6 is 0 Å². The molecule has 19 heavy (non-hydrogen) atoms. The lowest BCUT2D eigenvalue weighted by atomic mass is 10.0. The van der Waals surface area contributed by atoms with E-state index in [0.717, 1.165) is 17.8 Å². The van der Waals surface area contributed by atoms with E-state index < -0.39 is 0 Å². The van der Waals surface area contributed by atoms with Crippen molar-refractivity contribution in [3.05, 3.63) is 29.3 Å². The van der Waals surface area contributed by atoms with Crippen molar-refractivity contribution in [1.29, 1.82) is 0 Å². The fourth-order valence-electron chi connectivity index (χ4n) is 2.64. The van der Waals surface area contributed by atoms with Gasteiger partial charge in [-0.25, -0.2) is 0 Å². The minimum absolute atomic E-state index is 0.0995. The van der Waals surface area contributed by atoms with E-state index in [1.807, 2.05) is 19.9 Å². The molecule has 0 bridgehead atoms. The van der Waals surface area contributed by atoms with Gasteiger partial charge in [0.25, 0.3) is 0 Å². The van der Waals surface area contributed by atoms with Crippen molar-refractivity contribution in [2.45, 2.75) is 46.1 Å². The average Bonchev–Trinajstić information content (AvgIpc) is 2.37. The Morgan fingerprint density at radius 3 is 2.89 bits per heavy atom. The summed E-state index contributed by atoms with van der Waals surface area (Å²) in [7, 11) is 0. The van der Waals surface area contributed by atoms with Crippen molar-refractivity contribution >= 4 is 11.6 Å². The molecule has 0 radical (unpaired) electrons. The number of hydrogen-bond acceptors (Lipinski definition) is 2. The highest BCUT2D eigenvalue weighted by atomic mass is 16.2. The molecule has 1 N–H and O–H groups in total. The fourth-order valence-corrected chi connectivity index (χ4v) is 2.64. The lowest BCUT2D eigenvalue weighted by Gasteiger charge is -2.32. The van der Waals surface area contributed by atoms with Gasteiger partial charge in [0.1, 0.15) is 0 Å². The molecule has 0 unspecified atom stereocenters. The second-order valence-electron chi connectivity index (χ2n) is 5.68. The summed E-state index contributed by atoms with van der Waals surface area (Å²) in [6.07, 6.45) is 3.70. The maximum absolute atomic E-state index is 12.1. The van der Waals surface area contributed by atoms with Gasteiger partial charge >= 0.3 is 0 Å². The van der Waals surface area contributed by atoms with Crippen LogP contribution in [0.1, 0.15) is 37.3 Å². The van der Waals surface area contributed by atoms with Gasteiger partial charge in [-0.05, 0) is 57.4 Å². The molecule has 1 aliphatic rings. The van der Waals surface area contributed by atoms with Crippen LogP contribution in [0.2, 0.25) is 0 Å². The van der Waals surface area contributed by atoms with Crippen molar-refractivity contribution in [1.82, 2.24) is 4.90 Å². The molecule has 1 atom stereocenters. The van der Waals surface area contributed by atoms with E-state index in [1.165, 1.54) is 24.8 Å². The molecule has 0 aromatic heterocycles. The van der Waals surface area contributed by atoms with E-state index in [9.17, 15) is 4.79 Å². The number of hydrogen-bond donors (Lipinski definition) is 1. The highest BCUT2D eigenvalue weighted by molar-refractivity contribution is 5.93. The zero-order valence-corrected chi connectivity index (χ0v) is 12.2. The molecule has 1 aromatic carbocycles. The topological polar surface area (TPSA) is 32.3 Å². The molecular formula is C16H24N2O. The van der Waals surface area contributed by atoms with Crippen LogP contribution < -0.4 is 5.32 Å². The van der Waals surface area contributed by atoms with Crippen LogP contribution in [-0.4, -0.2) is 29.9 Å². The standard InChI is InChI=1S/C16H24N2O/c1-12-7-8-13(2)15(10-12)17-16(19)11-18-9-5-4-6-14(18)3/h7-8,10,14H,4-6,9,11H2,1-3H3,(H,17,19)/t14-/m1/s1. The van der Waals surface area contributed by atoms with E-state index >= 15 is 0 Å². The van der Waals surface area contributed by atoms with Gasteiger partial charge in [0, 0.05) is 11.7 Å². The highest BCUT2D eigenvalue weighted by Gasteiger charge is 2.20. The SMILES string of the molecule is Cc1ccc(C)c(NC(=O)CN2CCCC[C@H]2C)c1. The molecule has 1 saturated heterocycles. The summed E-state index contributed by atoms with van der Waals surface area (Å²) in [4.78, 5) is 14.4. The molecule has 3 nitrogen and oxygen atoms in total. The number of amides is 1. The highest BCUT2D eigenvalue weighted by Crippen LogP contribution is 2.18. The lowest BCUT2D eigenvalue weighted by molar-refractivity contribution is -0.118. The number of rotatable bonds is 3. The van der Waals surface area contributed by atoms with Gasteiger partial charge in [0.05, 0.1) is 6.54 Å². The molecular weight excluding hydrogens is 236 g/mol. The van der Waals surface area contributed by atoms with E-state index in [2.05, 4.69) is 29.3 Å². The van der Waals surface area contributed by atoms with Crippen molar-refractivity contribution in [3.8, 4) is 0 Å². The maximum Gasteiger partial charge on any atom is 0.238 e. The van der Waals surface area contributed by atoms with Gasteiger partial charge in [-0.3, -0.25) is 9.69 Å². The first-order valence-corrected chi connectivity index (χ1v) is 7.17. The summed E-state index contributed by atoms with van der Waals surface area (Å²) >= 11 is 0. The van der Waals surface area contributed by atoms with Crippen LogP contribution in [0.4, 0.5) is 5.69 Å². The summed E-state index contributed by atoms with van der Waals surface area (Å²) in [5.41, 5.74) is 3.23. The van der Waals surface area contributed by atoms with Crippen LogP contribution in [-0.2, 0) is 4.79 Å². The molecule has 3 heteroatoms. The third kappa shape index (κ3) is 3.80. The Morgan fingerprint density at radius 1 is 1.37 bits per heavy atom. The van der Waals surface area contributed by atoms with Gasteiger partial charge in [-0.2, -0.15) is 0 Å². The van der Waals surface area contributed by atoms with Gasteiger partial charge < -0.3 is 5.32 Å². The van der Waals surface area contributed by atoms with Crippen molar-refractivity contribution in [2.24, 2.45) is 0 Å². The molecule has 1 amide bonds. The number of carbonyl (C=O) groups excluding carboxylic acids is 1. The van der Waals surface area contributed by atoms with Crippen LogP contribution in [0.3, 0.4) is 0 Å². The second-order valence-corrected chi connectivity index (χ2v) is 5.68. The Balaban J connectivity index is 1.95. The summed E-state index contributed by atoms with van der Waals surface area (Å²) in [5, 5.41) is 3.04. The third-order valence-electron chi connectivity index (χ3n) is 3.95. The minimum Gasteiger partial charge on any atom is -0.325 e. The second kappa shape index (κ2) is 6.20. The smallest absolute Gasteiger partial charge is 0.238 e. The Kier molecular flexibility index (Phi) is 4.59. The number of nitrogens with zero attached hydrogens (tertiary/aromatic N) is 1. The lowest BCUT2D eigenvalue weighted by Crippen LogP contribution is -2.42. The van der Waals surface area contributed by atoms with Gasteiger partial charge in [0.2, 0.25) is 5.91 Å². The normalized spacial score (nSPS) is 20.3. The first-order chi connectivity index (χ1) is 9.06. The average molecular weight is 260 g/mol. The number of carbonyl (C=O) groups is 1. The van der Waals surface area contributed by atoms with Gasteiger partial charge in [-0.1, -0.05) is 18.6 Å². The number of nitrogens with one attached hydrogen (secondary N) is 1. The monoisotopic (exact) mass is 260 g/mol. The Morgan fingerprint density at radius 2 is 2.16 bits per heavy atom. The number of benzene rings is 1. The predicted octanol–water partition coefficient (Wildman–Crippen LogP) is 3.12. The maximum atomic E-state index is 12.1. The number of anilines is 1. The Bertz CT molecular complexity index is 456. The third-order valence-corrected chi connectivity index (χ3v) is 3.95. The summed E-state index contributed by atoms with van der Waals surface area (Å²) in [5.74, 6) is 0.0995. The minimum atomic E-state index is 0.0995. The molecule has 104 valence electrons. The molecule has 2 rings (SSSR count). The van der Waals surface area contributed by atoms with Gasteiger partial charge in [0.15, 0.2) is 0 Å². The van der Waals surface area contributed by atoms with Gasteiger partial charge in [-0.15, -0.1) is 0 Å². The zero-order chi connectivity index (χ0) is 13.8. The number of piperidine rings is 1. The Labute approximate surface area is 116 Å². The molecule has 0 aliphatic carbocycles. The summed E-state index contributed by atoms with van der Waals surface area (Å²) < 4.78 is 0. The van der Waals surface area contributed by atoms with E-state index in [1.54, 1.807) is 0 Å². The van der Waals surface area contributed by atoms with Crippen molar-refractivity contribution in [2.75, 3.05) is 18.4 Å². The van der Waals surface area contributed by atoms with E-state index in [0.29, 0.717) is 12.6 Å². The van der Waals surface area contributed by atoms with E-state index in [4.69, 9.17) is 0 Å². The largest absolute Gasteiger partial charge is 0.325 e. The number of likely N-dealkylation sites (tertiary alicyclic amines) is 1. The van der Waals surface area contributed by atoms with Crippen LogP contribution in [0.5, 0.6) is 0 Å². The van der Waals surface area contributed by atoms with E-state index in [-0.39, 0.29) is 5.91 Å². The first kappa shape index (κ1) is 14.1. The molecule has 1 aliphatic heterocycles. The van der Waals surface area contributed by atoms with Crippen LogP contribution in [0.15, 0.2) is 18.2 Å². The fraction of sp³-hybridized carbons (Fsp3) is 0.562. The Hall–Kier alpha value is -1.35. The molecule has 0 spiro atoms. The summed E-state index contributed by atoms with van der Waals surface area (Å²) in [6, 6.07) is 6.68. The zero-order valence-electron chi connectivity index (χ0n) is 12.2. The predicted molar refractivity (Wildman–Crippen MR) is 79.4 cm³/mol. The quantitative estimate of drug-likeness (QED) is 0.905. The van der Waals surface area contributed by atoms with Crippen molar-refractivity contribution in [3.63, 3.8) is 0 Å².